The van der Waals surface area contributed by atoms with Gasteiger partial charge in [-0.15, -0.1) is 0 Å². The van der Waals surface area contributed by atoms with E-state index >= 15 is 0 Å². The van der Waals surface area contributed by atoms with Gasteiger partial charge in [-0.3, -0.25) is 14.5 Å². The Hall–Kier alpha value is -3.34. The van der Waals surface area contributed by atoms with Crippen LogP contribution in [0.1, 0.15) is 5.56 Å². The Morgan fingerprint density at radius 1 is 1.38 bits per heavy atom. The normalized spacial score (nSPS) is 11.4. The lowest BCUT2D eigenvalue weighted by atomic mass is 10.0. The molecule has 0 spiro atoms. The van der Waals surface area contributed by atoms with Crippen LogP contribution in [0.25, 0.3) is 10.9 Å². The predicted molar refractivity (Wildman–Crippen MR) is 84.3 cm³/mol. The largest absolute Gasteiger partial charge is 0.462 e. The number of nitriles is 1. The zero-order chi connectivity index (χ0) is 17.7. The molecule has 2 aromatic rings. The smallest absolute Gasteiger partial charge is 0.396 e. The molecule has 2 rings (SSSR count). The summed E-state index contributed by atoms with van der Waals surface area (Å²) in [5.74, 6) is -2.77. The maximum atomic E-state index is 12.3. The van der Waals surface area contributed by atoms with Crippen molar-refractivity contribution in [2.75, 3.05) is 14.2 Å². The minimum absolute atomic E-state index is 0.123. The molecule has 0 aliphatic rings. The Kier molecular flexibility index (Phi) is 5.16. The molecule has 0 saturated heterocycles. The van der Waals surface area contributed by atoms with Gasteiger partial charge in [0.05, 0.1) is 7.11 Å². The highest BCUT2D eigenvalue weighted by Crippen LogP contribution is 2.19. The number of nitrogens with one attached hydrogen (secondary N) is 2. The van der Waals surface area contributed by atoms with Gasteiger partial charge >= 0.3 is 11.9 Å². The van der Waals surface area contributed by atoms with E-state index in [4.69, 9.17) is 5.26 Å². The van der Waals surface area contributed by atoms with Gasteiger partial charge in [-0.2, -0.15) is 5.26 Å². The summed E-state index contributed by atoms with van der Waals surface area (Å²) in [6.07, 6.45) is 3.53. The number of benzene rings is 1. The number of carbonyl (C=O) groups is 3. The van der Waals surface area contributed by atoms with Gasteiger partial charge < -0.3 is 15.0 Å². The van der Waals surface area contributed by atoms with E-state index in [0.29, 0.717) is 0 Å². The highest BCUT2D eigenvalue weighted by atomic mass is 16.5. The fourth-order valence-corrected chi connectivity index (χ4v) is 2.31. The molecule has 1 heterocycles. The number of hydrogen-bond donors (Lipinski definition) is 2. The number of ether oxygens (including phenoxy) is 1. The Labute approximate surface area is 138 Å². The van der Waals surface area contributed by atoms with Crippen molar-refractivity contribution < 1.29 is 19.1 Å². The highest BCUT2D eigenvalue weighted by molar-refractivity contribution is 6.32. The SMILES string of the molecule is COC(=O)C(=O)NC(Cc1c[nH]c2ccccc12)C(=O)N(C)C#N. The molecule has 1 aromatic heterocycles. The monoisotopic (exact) mass is 328 g/mol. The number of fused-ring (bicyclic) bond motifs is 1. The van der Waals surface area contributed by atoms with E-state index in [2.05, 4.69) is 15.0 Å². The quantitative estimate of drug-likeness (QED) is 0.363. The second-order valence-corrected chi connectivity index (χ2v) is 5.08. The molecule has 124 valence electrons. The molecule has 8 nitrogen and oxygen atoms in total. The van der Waals surface area contributed by atoms with Gasteiger partial charge in [-0.25, -0.2) is 4.79 Å². The van der Waals surface area contributed by atoms with E-state index in [1.165, 1.54) is 7.05 Å². The van der Waals surface area contributed by atoms with E-state index < -0.39 is 23.8 Å². The number of hydrogen-bond acceptors (Lipinski definition) is 5. The zero-order valence-electron chi connectivity index (χ0n) is 13.2. The van der Waals surface area contributed by atoms with Crippen LogP contribution in [0.4, 0.5) is 0 Å². The number of aromatic nitrogens is 1. The molecular formula is C16H16N4O4. The summed E-state index contributed by atoms with van der Waals surface area (Å²) >= 11 is 0. The van der Waals surface area contributed by atoms with Crippen LogP contribution in [0.2, 0.25) is 0 Å². The molecule has 8 heteroatoms. The van der Waals surface area contributed by atoms with Crippen molar-refractivity contribution in [2.45, 2.75) is 12.5 Å². The molecule has 0 aliphatic heterocycles. The van der Waals surface area contributed by atoms with Crippen molar-refractivity contribution in [3.05, 3.63) is 36.0 Å². The van der Waals surface area contributed by atoms with Crippen molar-refractivity contribution in [2.24, 2.45) is 0 Å². The number of para-hydroxylation sites is 1. The molecule has 2 amide bonds. The van der Waals surface area contributed by atoms with Crippen LogP contribution in [-0.2, 0) is 25.5 Å². The number of aromatic amines is 1. The van der Waals surface area contributed by atoms with Crippen LogP contribution in [0.5, 0.6) is 0 Å². The maximum Gasteiger partial charge on any atom is 0.396 e. The van der Waals surface area contributed by atoms with Gasteiger partial charge in [0.15, 0.2) is 6.19 Å². The number of likely N-dealkylation sites (N-methyl/N-ethyl adjacent to an activating group) is 1. The lowest BCUT2D eigenvalue weighted by Gasteiger charge is -2.19. The third kappa shape index (κ3) is 3.52. The highest BCUT2D eigenvalue weighted by Gasteiger charge is 2.28. The van der Waals surface area contributed by atoms with Crippen molar-refractivity contribution in [3.63, 3.8) is 0 Å². The summed E-state index contributed by atoms with van der Waals surface area (Å²) in [5.41, 5.74) is 1.66. The van der Waals surface area contributed by atoms with Crippen LogP contribution >= 0.6 is 0 Å². The van der Waals surface area contributed by atoms with E-state index in [0.717, 1.165) is 28.5 Å². The van der Waals surface area contributed by atoms with Crippen LogP contribution in [0, 0.1) is 11.5 Å². The van der Waals surface area contributed by atoms with Crippen LogP contribution in [0.3, 0.4) is 0 Å². The molecule has 0 aliphatic carbocycles. The number of methoxy groups -OCH3 is 1. The van der Waals surface area contributed by atoms with E-state index in [9.17, 15) is 14.4 Å². The molecule has 0 saturated carbocycles. The Morgan fingerprint density at radius 3 is 2.75 bits per heavy atom. The average Bonchev–Trinajstić information content (AvgIpc) is 3.02. The third-order valence-corrected chi connectivity index (χ3v) is 3.55. The minimum Gasteiger partial charge on any atom is -0.462 e. The van der Waals surface area contributed by atoms with Crippen molar-refractivity contribution in [3.8, 4) is 6.19 Å². The average molecular weight is 328 g/mol. The number of rotatable bonds is 4. The summed E-state index contributed by atoms with van der Waals surface area (Å²) in [6, 6.07) is 6.40. The summed E-state index contributed by atoms with van der Waals surface area (Å²) in [6.45, 7) is 0. The molecule has 1 unspecified atom stereocenters. The van der Waals surface area contributed by atoms with Gasteiger partial charge in [0.25, 0.3) is 5.91 Å². The fourth-order valence-electron chi connectivity index (χ4n) is 2.31. The van der Waals surface area contributed by atoms with Crippen molar-refractivity contribution in [1.82, 2.24) is 15.2 Å². The molecule has 24 heavy (non-hydrogen) atoms. The van der Waals surface area contributed by atoms with Crippen LogP contribution in [0.15, 0.2) is 30.5 Å². The van der Waals surface area contributed by atoms with Gasteiger partial charge in [0, 0.05) is 30.6 Å². The summed E-state index contributed by atoms with van der Waals surface area (Å²) in [7, 11) is 2.36. The molecule has 2 N–H and O–H groups in total. The zero-order valence-corrected chi connectivity index (χ0v) is 13.2. The van der Waals surface area contributed by atoms with E-state index in [-0.39, 0.29) is 6.42 Å². The standard InChI is InChI=1S/C16H16N4O4/c1-20(9-17)15(22)13(19-14(21)16(23)24-2)7-10-8-18-12-6-4-3-5-11(10)12/h3-6,8,13,18H,7H2,1-2H3,(H,19,21). The first-order chi connectivity index (χ1) is 11.5. The summed E-state index contributed by atoms with van der Waals surface area (Å²) in [4.78, 5) is 39.2. The van der Waals surface area contributed by atoms with Gasteiger partial charge in [0.2, 0.25) is 0 Å². The number of H-pyrrole nitrogens is 1. The van der Waals surface area contributed by atoms with Crippen molar-refractivity contribution in [1.29, 1.82) is 5.26 Å². The van der Waals surface area contributed by atoms with E-state index in [1.54, 1.807) is 12.4 Å². The summed E-state index contributed by atoms with van der Waals surface area (Å²) < 4.78 is 4.34. The molecule has 0 fully saturated rings. The van der Waals surface area contributed by atoms with Gasteiger partial charge in [0.1, 0.15) is 6.04 Å². The minimum atomic E-state index is -1.11. The number of carbonyl (C=O) groups excluding carboxylic acids is 3. The lowest BCUT2D eigenvalue weighted by Crippen LogP contribution is -2.49. The lowest BCUT2D eigenvalue weighted by molar-refractivity contribution is -0.153. The van der Waals surface area contributed by atoms with Gasteiger partial charge in [-0.1, -0.05) is 18.2 Å². The topological polar surface area (TPSA) is 115 Å². The second-order valence-electron chi connectivity index (χ2n) is 5.08. The maximum absolute atomic E-state index is 12.3. The Morgan fingerprint density at radius 2 is 2.08 bits per heavy atom. The molecular weight excluding hydrogens is 312 g/mol. The van der Waals surface area contributed by atoms with Crippen LogP contribution < -0.4 is 5.32 Å². The van der Waals surface area contributed by atoms with E-state index in [1.807, 2.05) is 24.3 Å². The first-order valence-electron chi connectivity index (χ1n) is 7.09. The number of amides is 2. The Balaban J connectivity index is 2.28. The number of nitrogens with zero attached hydrogens (tertiary/aromatic N) is 2. The number of esters is 1. The first kappa shape index (κ1) is 17.0. The van der Waals surface area contributed by atoms with Crippen molar-refractivity contribution >= 4 is 28.7 Å². The fraction of sp³-hybridized carbons (Fsp3) is 0.250. The molecule has 0 radical (unpaired) electrons. The first-order valence-corrected chi connectivity index (χ1v) is 7.09. The molecule has 1 atom stereocenters. The van der Waals surface area contributed by atoms with Crippen LogP contribution in [-0.4, -0.2) is 47.9 Å². The third-order valence-electron chi connectivity index (χ3n) is 3.55. The second kappa shape index (κ2) is 7.28. The summed E-state index contributed by atoms with van der Waals surface area (Å²) in [5, 5.41) is 12.1. The Bertz CT molecular complexity index is 821. The predicted octanol–water partition coefficient (Wildman–Crippen LogP) is 0.308. The molecule has 0 bridgehead atoms. The van der Waals surface area contributed by atoms with Gasteiger partial charge in [-0.05, 0) is 11.6 Å². The molecule has 1 aromatic carbocycles.